The molecule has 110 valence electrons. The number of aromatic nitrogens is 1. The molecule has 20 heavy (non-hydrogen) atoms. The Kier molecular flexibility index (Phi) is 3.73. The Labute approximate surface area is 118 Å². The largest absolute Gasteiger partial charge is 0.378 e. The molecule has 1 amide bonds. The van der Waals surface area contributed by atoms with E-state index >= 15 is 0 Å². The Morgan fingerprint density at radius 2 is 2.15 bits per heavy atom. The molecule has 0 aromatic carbocycles. The van der Waals surface area contributed by atoms with Crippen molar-refractivity contribution in [3.63, 3.8) is 0 Å². The summed E-state index contributed by atoms with van der Waals surface area (Å²) in [6.45, 7) is 6.27. The van der Waals surface area contributed by atoms with Crippen LogP contribution in [-0.2, 0) is 16.1 Å². The molecule has 0 saturated heterocycles. The lowest BCUT2D eigenvalue weighted by Crippen LogP contribution is -2.68. The summed E-state index contributed by atoms with van der Waals surface area (Å²) in [4.78, 5) is 23.6. The number of nitrogens with one attached hydrogen (secondary N) is 1. The number of methoxy groups -OCH3 is 1. The average Bonchev–Trinajstić information content (AvgIpc) is 2.40. The van der Waals surface area contributed by atoms with E-state index in [0.717, 1.165) is 6.42 Å². The van der Waals surface area contributed by atoms with Crippen LogP contribution in [-0.4, -0.2) is 29.2 Å². The number of hydrogen-bond acceptors (Lipinski definition) is 3. The van der Waals surface area contributed by atoms with Gasteiger partial charge in [-0.25, -0.2) is 0 Å². The van der Waals surface area contributed by atoms with E-state index in [1.54, 1.807) is 25.4 Å². The minimum absolute atomic E-state index is 0.0515. The van der Waals surface area contributed by atoms with E-state index in [1.807, 2.05) is 0 Å². The van der Waals surface area contributed by atoms with Crippen molar-refractivity contribution in [1.29, 1.82) is 0 Å². The maximum atomic E-state index is 12.0. The van der Waals surface area contributed by atoms with Crippen LogP contribution in [0, 0.1) is 5.41 Å². The van der Waals surface area contributed by atoms with Crippen LogP contribution >= 0.6 is 0 Å². The molecule has 0 spiro atoms. The first-order valence-electron chi connectivity index (χ1n) is 6.80. The standard InChI is InChI=1S/C15H22N2O3/c1-14(2)11(9-15(14,3)20-4)16-12(18)10-17-8-6-5-7-13(17)19/h5-8,11H,9-10H2,1-4H3,(H,16,18). The molecule has 0 aliphatic heterocycles. The lowest BCUT2D eigenvalue weighted by molar-refractivity contribution is -0.182. The van der Waals surface area contributed by atoms with Gasteiger partial charge >= 0.3 is 0 Å². The van der Waals surface area contributed by atoms with Crippen LogP contribution in [0.15, 0.2) is 29.2 Å². The van der Waals surface area contributed by atoms with Gasteiger partial charge in [-0.1, -0.05) is 19.9 Å². The van der Waals surface area contributed by atoms with Crippen LogP contribution in [0.2, 0.25) is 0 Å². The summed E-state index contributed by atoms with van der Waals surface area (Å²) in [6.07, 6.45) is 2.40. The SMILES string of the molecule is COC1(C)CC(NC(=O)Cn2ccccc2=O)C1(C)C. The Morgan fingerprint density at radius 1 is 1.45 bits per heavy atom. The van der Waals surface area contributed by atoms with E-state index in [0.29, 0.717) is 0 Å². The smallest absolute Gasteiger partial charge is 0.250 e. The fourth-order valence-electron chi connectivity index (χ4n) is 2.71. The quantitative estimate of drug-likeness (QED) is 0.899. The second-order valence-corrected chi connectivity index (χ2v) is 6.15. The number of carbonyl (C=O) groups excluding carboxylic acids is 1. The zero-order valence-electron chi connectivity index (χ0n) is 12.5. The highest BCUT2D eigenvalue weighted by Gasteiger charge is 2.58. The summed E-state index contributed by atoms with van der Waals surface area (Å²) in [5.41, 5.74) is -0.509. The Bertz CT molecular complexity index is 564. The number of nitrogens with zero attached hydrogens (tertiary/aromatic N) is 1. The van der Waals surface area contributed by atoms with Gasteiger partial charge in [0.05, 0.1) is 5.60 Å². The number of pyridine rings is 1. The van der Waals surface area contributed by atoms with Gasteiger partial charge in [0.25, 0.3) is 5.56 Å². The van der Waals surface area contributed by atoms with Gasteiger partial charge < -0.3 is 14.6 Å². The van der Waals surface area contributed by atoms with Crippen molar-refractivity contribution in [2.24, 2.45) is 5.41 Å². The number of amides is 1. The van der Waals surface area contributed by atoms with E-state index in [2.05, 4.69) is 26.1 Å². The van der Waals surface area contributed by atoms with Gasteiger partial charge in [0.15, 0.2) is 0 Å². The van der Waals surface area contributed by atoms with Crippen LogP contribution in [0.4, 0.5) is 0 Å². The molecule has 0 radical (unpaired) electrons. The fraction of sp³-hybridized carbons (Fsp3) is 0.600. The van der Waals surface area contributed by atoms with Crippen LogP contribution in [0.1, 0.15) is 27.2 Å². The molecule has 1 aliphatic rings. The number of ether oxygens (including phenoxy) is 1. The molecule has 2 rings (SSSR count). The van der Waals surface area contributed by atoms with Crippen molar-refractivity contribution >= 4 is 5.91 Å². The molecule has 1 aromatic rings. The second kappa shape index (κ2) is 5.05. The Hall–Kier alpha value is -1.62. The van der Waals surface area contributed by atoms with E-state index in [4.69, 9.17) is 4.74 Å². The first-order chi connectivity index (χ1) is 9.30. The minimum atomic E-state index is -0.214. The van der Waals surface area contributed by atoms with Crippen LogP contribution in [0.5, 0.6) is 0 Å². The first-order valence-corrected chi connectivity index (χ1v) is 6.80. The normalized spacial score (nSPS) is 27.7. The van der Waals surface area contributed by atoms with Crippen molar-refractivity contribution in [3.8, 4) is 0 Å². The van der Waals surface area contributed by atoms with Gasteiger partial charge in [0.2, 0.25) is 5.91 Å². The van der Waals surface area contributed by atoms with Gasteiger partial charge in [-0.3, -0.25) is 9.59 Å². The molecular formula is C15H22N2O3. The van der Waals surface area contributed by atoms with Gasteiger partial charge in [-0.2, -0.15) is 0 Å². The highest BCUT2D eigenvalue weighted by Crippen LogP contribution is 2.51. The van der Waals surface area contributed by atoms with Crippen molar-refractivity contribution in [2.75, 3.05) is 7.11 Å². The molecule has 1 heterocycles. The topological polar surface area (TPSA) is 60.3 Å². The average molecular weight is 278 g/mol. The molecule has 2 unspecified atom stereocenters. The lowest BCUT2D eigenvalue weighted by Gasteiger charge is -2.59. The van der Waals surface area contributed by atoms with E-state index in [1.165, 1.54) is 10.6 Å². The zero-order valence-corrected chi connectivity index (χ0v) is 12.5. The number of carbonyl (C=O) groups is 1. The first kappa shape index (κ1) is 14.8. The summed E-state index contributed by atoms with van der Waals surface area (Å²) in [5.74, 6) is -0.144. The molecule has 1 fully saturated rings. The van der Waals surface area contributed by atoms with Crippen molar-refractivity contribution in [3.05, 3.63) is 34.7 Å². The molecule has 1 N–H and O–H groups in total. The summed E-state index contributed by atoms with van der Waals surface area (Å²) in [5, 5.41) is 2.99. The van der Waals surface area contributed by atoms with Gasteiger partial charge in [-0.05, 0) is 19.4 Å². The molecule has 0 bridgehead atoms. The number of hydrogen-bond donors (Lipinski definition) is 1. The van der Waals surface area contributed by atoms with Crippen LogP contribution < -0.4 is 10.9 Å². The molecule has 1 saturated carbocycles. The van der Waals surface area contributed by atoms with Gasteiger partial charge in [0, 0.05) is 30.8 Å². The Morgan fingerprint density at radius 3 is 2.70 bits per heavy atom. The third-order valence-electron chi connectivity index (χ3n) is 4.83. The summed E-state index contributed by atoms with van der Waals surface area (Å²) < 4.78 is 6.93. The van der Waals surface area contributed by atoms with Crippen molar-refractivity contribution in [2.45, 2.75) is 45.4 Å². The molecule has 5 heteroatoms. The Balaban J connectivity index is 1.98. The fourth-order valence-corrected chi connectivity index (χ4v) is 2.71. The molecular weight excluding hydrogens is 256 g/mol. The molecule has 2 atom stereocenters. The zero-order chi connectivity index (χ0) is 15.0. The third-order valence-corrected chi connectivity index (χ3v) is 4.83. The summed E-state index contributed by atoms with van der Waals surface area (Å²) >= 11 is 0. The molecule has 5 nitrogen and oxygen atoms in total. The predicted octanol–water partition coefficient (Wildman–Crippen LogP) is 1.17. The van der Waals surface area contributed by atoms with Crippen molar-refractivity contribution < 1.29 is 9.53 Å². The highest BCUT2D eigenvalue weighted by molar-refractivity contribution is 5.76. The van der Waals surface area contributed by atoms with E-state index in [-0.39, 0.29) is 35.1 Å². The highest BCUT2D eigenvalue weighted by atomic mass is 16.5. The molecule has 1 aromatic heterocycles. The monoisotopic (exact) mass is 278 g/mol. The van der Waals surface area contributed by atoms with Gasteiger partial charge in [0.1, 0.15) is 6.54 Å². The molecule has 1 aliphatic carbocycles. The maximum absolute atomic E-state index is 12.0. The summed E-state index contributed by atoms with van der Waals surface area (Å²) in [6, 6.07) is 4.92. The van der Waals surface area contributed by atoms with E-state index < -0.39 is 0 Å². The van der Waals surface area contributed by atoms with Gasteiger partial charge in [-0.15, -0.1) is 0 Å². The minimum Gasteiger partial charge on any atom is -0.378 e. The van der Waals surface area contributed by atoms with Crippen LogP contribution in [0.3, 0.4) is 0 Å². The summed E-state index contributed by atoms with van der Waals surface area (Å²) in [7, 11) is 1.70. The number of rotatable bonds is 4. The second-order valence-electron chi connectivity index (χ2n) is 6.15. The van der Waals surface area contributed by atoms with Crippen LogP contribution in [0.25, 0.3) is 0 Å². The third kappa shape index (κ3) is 2.38. The predicted molar refractivity (Wildman–Crippen MR) is 76.4 cm³/mol. The lowest BCUT2D eigenvalue weighted by atomic mass is 9.56. The van der Waals surface area contributed by atoms with E-state index in [9.17, 15) is 9.59 Å². The maximum Gasteiger partial charge on any atom is 0.250 e. The van der Waals surface area contributed by atoms with Crippen molar-refractivity contribution in [1.82, 2.24) is 9.88 Å².